The minimum atomic E-state index is -1.49. The molecule has 4 aliphatic rings. The molecule has 0 spiro atoms. The van der Waals surface area contributed by atoms with E-state index in [0.29, 0.717) is 12.5 Å². The van der Waals surface area contributed by atoms with E-state index < -0.39 is 93.2 Å². The number of aliphatic hydroxyl groups excluding tert-OH is 6. The van der Waals surface area contributed by atoms with E-state index in [4.69, 9.17) is 41.9 Å². The lowest BCUT2D eigenvalue weighted by Gasteiger charge is -2.49. The summed E-state index contributed by atoms with van der Waals surface area (Å²) in [5.41, 5.74) is 24.3. The molecule has 16 N–H and O–H groups in total. The fourth-order valence-electron chi connectivity index (χ4n) is 6.39. The number of nitrogens with one attached hydrogen (secondary N) is 2. The van der Waals surface area contributed by atoms with Gasteiger partial charge in [0.1, 0.15) is 36.6 Å². The van der Waals surface area contributed by atoms with Gasteiger partial charge in [0.15, 0.2) is 12.6 Å². The Balaban J connectivity index is 1.51. The van der Waals surface area contributed by atoms with Crippen LogP contribution in [0.15, 0.2) is 0 Å². The van der Waals surface area contributed by atoms with Crippen LogP contribution in [-0.4, -0.2) is 155 Å². The molecule has 2 aliphatic heterocycles. The van der Waals surface area contributed by atoms with Gasteiger partial charge in [-0.25, -0.2) is 0 Å². The molecule has 0 unspecified atom stereocenters. The van der Waals surface area contributed by atoms with E-state index in [1.807, 2.05) is 0 Å². The summed E-state index contributed by atoms with van der Waals surface area (Å²) >= 11 is 0. The molecule has 4 rings (SSSR count). The highest BCUT2D eigenvalue weighted by Gasteiger charge is 2.51. The van der Waals surface area contributed by atoms with E-state index in [1.54, 1.807) is 0 Å². The van der Waals surface area contributed by atoms with Gasteiger partial charge >= 0.3 is 0 Å². The second-order valence-corrected chi connectivity index (χ2v) is 12.3. The Morgan fingerprint density at radius 3 is 2.12 bits per heavy atom. The van der Waals surface area contributed by atoms with Crippen molar-refractivity contribution < 1.29 is 49.6 Å². The number of ether oxygens (including phenoxy) is 4. The highest BCUT2D eigenvalue weighted by molar-refractivity contribution is 5.03. The Morgan fingerprint density at radius 2 is 1.50 bits per heavy atom. The van der Waals surface area contributed by atoms with Crippen molar-refractivity contribution in [3.8, 4) is 0 Å². The molecule has 246 valence electrons. The minimum absolute atomic E-state index is 0.180. The van der Waals surface area contributed by atoms with Crippen molar-refractivity contribution in [1.82, 2.24) is 10.6 Å². The van der Waals surface area contributed by atoms with Crippen LogP contribution in [0.3, 0.4) is 0 Å². The fraction of sp³-hybridized carbons (Fsp3) is 1.00. The molecule has 16 heteroatoms. The van der Waals surface area contributed by atoms with E-state index in [2.05, 4.69) is 10.6 Å². The molecule has 42 heavy (non-hydrogen) atoms. The van der Waals surface area contributed by atoms with Gasteiger partial charge in [-0.1, -0.05) is 0 Å². The first-order valence-corrected chi connectivity index (χ1v) is 15.0. The number of aliphatic hydroxyl groups is 6. The Labute approximate surface area is 246 Å². The van der Waals surface area contributed by atoms with Crippen molar-refractivity contribution in [3.63, 3.8) is 0 Å². The Bertz CT molecular complexity index is 812. The SMILES string of the molecule is NC[C@@H]1CC[C@@H](NCC2CC(N)C2)[C@@H](O[C@H]2[C@H](O)[C@@H](O[C@H]3O[C@H](CO)[C@@H](O)[C@H](N)[C@H]3O)[C@H](NC(CO)CO)C[C@@H]2N)O1. The van der Waals surface area contributed by atoms with Crippen molar-refractivity contribution in [2.24, 2.45) is 28.9 Å². The van der Waals surface area contributed by atoms with Gasteiger partial charge in [-0.15, -0.1) is 0 Å². The second-order valence-electron chi connectivity index (χ2n) is 12.3. The summed E-state index contributed by atoms with van der Waals surface area (Å²) in [5.74, 6) is 0.473. The summed E-state index contributed by atoms with van der Waals surface area (Å²) in [5, 5.41) is 68.2. The normalized spacial score (nSPS) is 46.5. The molecule has 2 saturated carbocycles. The fourth-order valence-corrected chi connectivity index (χ4v) is 6.39. The van der Waals surface area contributed by atoms with Gasteiger partial charge < -0.3 is 83.2 Å². The van der Waals surface area contributed by atoms with Crippen LogP contribution < -0.4 is 33.6 Å². The van der Waals surface area contributed by atoms with Gasteiger partial charge in [0.25, 0.3) is 0 Å². The van der Waals surface area contributed by atoms with Crippen molar-refractivity contribution in [2.75, 3.05) is 32.9 Å². The highest BCUT2D eigenvalue weighted by Crippen LogP contribution is 2.32. The standard InChI is InChI=1S/C26H52N6O10/c27-6-14-1-2-16(31-7-11-3-12(28)4-11)25(39-14)41-23-15(29)5-17(32-13(8-33)9-34)24(22(23)38)42-26-21(37)19(30)20(36)18(10-35)40-26/h11-26,31-38H,1-10,27-30H2/t11?,12?,14-,15-,16+,17+,18+,19-,20+,21+,22-,23+,24-,25+,26+/m0/s1. The maximum atomic E-state index is 11.6. The first kappa shape index (κ1) is 34.2. The van der Waals surface area contributed by atoms with E-state index >= 15 is 0 Å². The highest BCUT2D eigenvalue weighted by atomic mass is 16.7. The van der Waals surface area contributed by atoms with Crippen molar-refractivity contribution >= 4 is 0 Å². The molecule has 0 bridgehead atoms. The van der Waals surface area contributed by atoms with E-state index in [9.17, 15) is 30.6 Å². The van der Waals surface area contributed by atoms with Gasteiger partial charge in [-0.2, -0.15) is 0 Å². The molecule has 16 nitrogen and oxygen atoms in total. The Hall–Kier alpha value is -0.640. The Morgan fingerprint density at radius 1 is 0.810 bits per heavy atom. The average Bonchev–Trinajstić information content (AvgIpc) is 2.97. The summed E-state index contributed by atoms with van der Waals surface area (Å²) in [4.78, 5) is 0. The summed E-state index contributed by atoms with van der Waals surface area (Å²) in [6.45, 7) is -0.309. The third-order valence-corrected chi connectivity index (χ3v) is 9.09. The lowest BCUT2D eigenvalue weighted by atomic mass is 9.80. The van der Waals surface area contributed by atoms with Gasteiger partial charge in [0.05, 0.1) is 44.1 Å². The zero-order valence-electron chi connectivity index (χ0n) is 23.9. The molecule has 0 radical (unpaired) electrons. The third kappa shape index (κ3) is 7.95. The summed E-state index contributed by atoms with van der Waals surface area (Å²) in [7, 11) is 0. The molecule has 0 amide bonds. The lowest BCUT2D eigenvalue weighted by molar-refractivity contribution is -0.315. The summed E-state index contributed by atoms with van der Waals surface area (Å²) in [6, 6.07) is -3.31. The molecular formula is C26H52N6O10. The van der Waals surface area contributed by atoms with Crippen LogP contribution in [0.4, 0.5) is 0 Å². The number of rotatable bonds is 13. The predicted octanol–water partition coefficient (Wildman–Crippen LogP) is -5.91. The first-order valence-electron chi connectivity index (χ1n) is 15.0. The Kier molecular flexibility index (Phi) is 12.7. The smallest absolute Gasteiger partial charge is 0.186 e. The van der Waals surface area contributed by atoms with Crippen molar-refractivity contribution in [3.05, 3.63) is 0 Å². The predicted molar refractivity (Wildman–Crippen MR) is 148 cm³/mol. The zero-order valence-corrected chi connectivity index (χ0v) is 23.9. The molecule has 0 aromatic heterocycles. The zero-order chi connectivity index (χ0) is 30.6. The van der Waals surface area contributed by atoms with Crippen LogP contribution in [-0.2, 0) is 18.9 Å². The van der Waals surface area contributed by atoms with Gasteiger partial charge in [0, 0.05) is 24.7 Å². The van der Waals surface area contributed by atoms with Crippen LogP contribution in [0.25, 0.3) is 0 Å². The van der Waals surface area contributed by atoms with Crippen LogP contribution in [0, 0.1) is 5.92 Å². The first-order chi connectivity index (χ1) is 20.1. The second kappa shape index (κ2) is 15.6. The van der Waals surface area contributed by atoms with Gasteiger partial charge in [-0.3, -0.25) is 0 Å². The summed E-state index contributed by atoms with van der Waals surface area (Å²) in [6.07, 6.45) is -6.29. The van der Waals surface area contributed by atoms with Crippen LogP contribution in [0.1, 0.15) is 32.1 Å². The number of hydrogen-bond donors (Lipinski definition) is 12. The molecule has 13 atom stereocenters. The van der Waals surface area contributed by atoms with Gasteiger partial charge in [0.2, 0.25) is 0 Å². The average molecular weight is 609 g/mol. The monoisotopic (exact) mass is 608 g/mol. The van der Waals surface area contributed by atoms with Crippen molar-refractivity contribution in [1.29, 1.82) is 0 Å². The molecule has 0 aromatic carbocycles. The molecule has 0 aromatic rings. The van der Waals surface area contributed by atoms with Gasteiger partial charge in [-0.05, 0) is 44.6 Å². The molecule has 2 saturated heterocycles. The molecule has 4 fully saturated rings. The maximum Gasteiger partial charge on any atom is 0.186 e. The number of hydrogen-bond acceptors (Lipinski definition) is 16. The van der Waals surface area contributed by atoms with Crippen LogP contribution in [0.5, 0.6) is 0 Å². The van der Waals surface area contributed by atoms with E-state index in [1.165, 1.54) is 0 Å². The van der Waals surface area contributed by atoms with E-state index in [-0.39, 0.29) is 24.6 Å². The number of nitrogens with two attached hydrogens (primary N) is 4. The quantitative estimate of drug-likeness (QED) is 0.0926. The van der Waals surface area contributed by atoms with E-state index in [0.717, 1.165) is 32.2 Å². The van der Waals surface area contributed by atoms with Crippen molar-refractivity contribution in [2.45, 2.75) is 124 Å². The minimum Gasteiger partial charge on any atom is -0.395 e. The lowest BCUT2D eigenvalue weighted by Crippen LogP contribution is -2.69. The summed E-state index contributed by atoms with van der Waals surface area (Å²) < 4.78 is 24.2. The van der Waals surface area contributed by atoms with Crippen LogP contribution >= 0.6 is 0 Å². The molecular weight excluding hydrogens is 556 g/mol. The van der Waals surface area contributed by atoms with Crippen LogP contribution in [0.2, 0.25) is 0 Å². The third-order valence-electron chi connectivity index (χ3n) is 9.09. The molecule has 2 heterocycles. The maximum absolute atomic E-state index is 11.6. The molecule has 2 aliphatic carbocycles. The largest absolute Gasteiger partial charge is 0.395 e. The topological polar surface area (TPSA) is 286 Å².